The van der Waals surface area contributed by atoms with Gasteiger partial charge in [0.1, 0.15) is 5.82 Å². The molecule has 0 atom stereocenters. The Morgan fingerprint density at radius 3 is 2.88 bits per heavy atom. The number of H-pyrrole nitrogens is 1. The van der Waals surface area contributed by atoms with Gasteiger partial charge in [0, 0.05) is 41.4 Å². The van der Waals surface area contributed by atoms with Crippen LogP contribution in [0.25, 0.3) is 5.57 Å². The average molecular weight is 381 g/mol. The fourth-order valence-corrected chi connectivity index (χ4v) is 3.91. The normalized spacial score (nSPS) is 15.2. The largest absolute Gasteiger partial charge is 0.343 e. The Morgan fingerprint density at radius 2 is 2.23 bits per heavy atom. The SMILES string of the molecule is CN1CC=C(c2ccc(Cn3c(CC(CN)=C(F)F)n[nH]c3=O)s2)CC1. The van der Waals surface area contributed by atoms with Gasteiger partial charge < -0.3 is 10.6 Å². The smallest absolute Gasteiger partial charge is 0.327 e. The Hall–Kier alpha value is -2.10. The molecule has 2 aromatic rings. The van der Waals surface area contributed by atoms with Gasteiger partial charge in [-0.05, 0) is 31.2 Å². The second-order valence-corrected chi connectivity index (χ2v) is 7.45. The highest BCUT2D eigenvalue weighted by Crippen LogP contribution is 2.29. The van der Waals surface area contributed by atoms with E-state index in [-0.39, 0.29) is 24.4 Å². The van der Waals surface area contributed by atoms with Crippen LogP contribution in [0, 0.1) is 0 Å². The molecule has 2 aromatic heterocycles. The minimum Gasteiger partial charge on any atom is -0.327 e. The van der Waals surface area contributed by atoms with Crippen molar-refractivity contribution in [2.75, 3.05) is 26.7 Å². The summed E-state index contributed by atoms with van der Waals surface area (Å²) in [5.41, 5.74) is 6.04. The topological polar surface area (TPSA) is 79.9 Å². The van der Waals surface area contributed by atoms with E-state index in [1.165, 1.54) is 15.0 Å². The van der Waals surface area contributed by atoms with Gasteiger partial charge in [0.25, 0.3) is 6.08 Å². The fourth-order valence-electron chi connectivity index (χ4n) is 2.84. The van der Waals surface area contributed by atoms with Crippen molar-refractivity contribution in [2.24, 2.45) is 5.73 Å². The molecule has 0 saturated heterocycles. The van der Waals surface area contributed by atoms with Crippen molar-refractivity contribution < 1.29 is 8.78 Å². The van der Waals surface area contributed by atoms with Gasteiger partial charge in [0.15, 0.2) is 0 Å². The molecule has 9 heteroatoms. The number of nitrogens with zero attached hydrogens (tertiary/aromatic N) is 3. The lowest BCUT2D eigenvalue weighted by Gasteiger charge is -2.21. The van der Waals surface area contributed by atoms with Crippen LogP contribution in [0.4, 0.5) is 8.78 Å². The predicted molar refractivity (Wildman–Crippen MR) is 98.4 cm³/mol. The van der Waals surface area contributed by atoms with Crippen molar-refractivity contribution in [3.05, 3.63) is 55.9 Å². The molecule has 3 N–H and O–H groups in total. The molecule has 26 heavy (non-hydrogen) atoms. The summed E-state index contributed by atoms with van der Waals surface area (Å²) < 4.78 is 27.1. The molecule has 1 aliphatic rings. The highest BCUT2D eigenvalue weighted by Gasteiger charge is 2.16. The van der Waals surface area contributed by atoms with E-state index in [4.69, 9.17) is 5.73 Å². The van der Waals surface area contributed by atoms with Gasteiger partial charge in [-0.1, -0.05) is 6.08 Å². The van der Waals surface area contributed by atoms with Gasteiger partial charge in [0.2, 0.25) is 0 Å². The molecule has 0 amide bonds. The number of nitrogens with one attached hydrogen (secondary N) is 1. The minimum atomic E-state index is -1.82. The van der Waals surface area contributed by atoms with Crippen molar-refractivity contribution in [3.63, 3.8) is 0 Å². The quantitative estimate of drug-likeness (QED) is 0.803. The highest BCUT2D eigenvalue weighted by atomic mass is 32.1. The predicted octanol–water partition coefficient (Wildman–Crippen LogP) is 2.05. The molecule has 0 unspecified atom stereocenters. The molecule has 3 rings (SSSR count). The van der Waals surface area contributed by atoms with Gasteiger partial charge in [-0.25, -0.2) is 9.89 Å². The molecule has 0 aliphatic carbocycles. The van der Waals surface area contributed by atoms with Crippen LogP contribution in [-0.4, -0.2) is 46.3 Å². The van der Waals surface area contributed by atoms with Gasteiger partial charge >= 0.3 is 5.69 Å². The number of aromatic amines is 1. The van der Waals surface area contributed by atoms with E-state index in [1.807, 2.05) is 12.1 Å². The Labute approximate surface area is 153 Å². The Kier molecular flexibility index (Phi) is 5.80. The standard InChI is InChI=1S/C17H21F2N5OS/c1-23-6-4-11(5-7-23)14-3-2-13(26-14)10-24-15(21-22-17(24)25)8-12(9-20)16(18)19/h2-4H,5-10,20H2,1H3,(H,22,25). The number of hydrogen-bond acceptors (Lipinski definition) is 5. The molecule has 1 aliphatic heterocycles. The Balaban J connectivity index is 1.79. The van der Waals surface area contributed by atoms with Crippen molar-refractivity contribution in [3.8, 4) is 0 Å². The van der Waals surface area contributed by atoms with Crippen molar-refractivity contribution in [2.45, 2.75) is 19.4 Å². The molecular formula is C17H21F2N5OS. The summed E-state index contributed by atoms with van der Waals surface area (Å²) in [7, 11) is 2.09. The van der Waals surface area contributed by atoms with E-state index in [1.54, 1.807) is 11.3 Å². The van der Waals surface area contributed by atoms with Gasteiger partial charge in [0.05, 0.1) is 6.54 Å². The van der Waals surface area contributed by atoms with E-state index in [0.717, 1.165) is 24.4 Å². The molecule has 140 valence electrons. The van der Waals surface area contributed by atoms with Crippen LogP contribution in [0.3, 0.4) is 0 Å². The molecule has 6 nitrogen and oxygen atoms in total. The number of nitrogens with two attached hydrogens (primary N) is 1. The zero-order valence-corrected chi connectivity index (χ0v) is 15.3. The first kappa shape index (κ1) is 18.7. The Bertz CT molecular complexity index is 891. The zero-order chi connectivity index (χ0) is 18.7. The number of thiophene rings is 1. The highest BCUT2D eigenvalue weighted by molar-refractivity contribution is 7.13. The summed E-state index contributed by atoms with van der Waals surface area (Å²) in [6, 6.07) is 4.02. The van der Waals surface area contributed by atoms with Crippen LogP contribution < -0.4 is 11.4 Å². The lowest BCUT2D eigenvalue weighted by atomic mass is 10.1. The second kappa shape index (κ2) is 8.07. The number of likely N-dealkylation sites (N-methyl/N-ethyl adjacent to an activating group) is 1. The molecule has 0 aromatic carbocycles. The summed E-state index contributed by atoms with van der Waals surface area (Å²) in [4.78, 5) is 16.4. The first-order chi connectivity index (χ1) is 12.5. The van der Waals surface area contributed by atoms with E-state index in [9.17, 15) is 13.6 Å². The maximum absolute atomic E-state index is 12.9. The summed E-state index contributed by atoms with van der Waals surface area (Å²) >= 11 is 1.61. The van der Waals surface area contributed by atoms with Crippen LogP contribution in [0.2, 0.25) is 0 Å². The van der Waals surface area contributed by atoms with Crippen LogP contribution in [0.15, 0.2) is 34.7 Å². The molecule has 0 saturated carbocycles. The number of halogens is 2. The first-order valence-electron chi connectivity index (χ1n) is 8.31. The first-order valence-corrected chi connectivity index (χ1v) is 9.13. The average Bonchev–Trinajstić information content (AvgIpc) is 3.22. The van der Waals surface area contributed by atoms with E-state index < -0.39 is 11.8 Å². The summed E-state index contributed by atoms with van der Waals surface area (Å²) in [6.45, 7) is 1.98. The van der Waals surface area contributed by atoms with Gasteiger partial charge in [-0.3, -0.25) is 4.57 Å². The number of aromatic nitrogens is 3. The third-order valence-corrected chi connectivity index (χ3v) is 5.57. The molecule has 0 radical (unpaired) electrons. The summed E-state index contributed by atoms with van der Waals surface area (Å²) in [5, 5.41) is 6.21. The number of rotatable bonds is 6. The van der Waals surface area contributed by atoms with Gasteiger partial charge in [-0.2, -0.15) is 13.9 Å². The van der Waals surface area contributed by atoms with Crippen molar-refractivity contribution in [1.29, 1.82) is 0 Å². The van der Waals surface area contributed by atoms with E-state index >= 15 is 0 Å². The minimum absolute atomic E-state index is 0.146. The van der Waals surface area contributed by atoms with Crippen LogP contribution >= 0.6 is 11.3 Å². The molecule has 3 heterocycles. The third kappa shape index (κ3) is 4.17. The molecule has 0 spiro atoms. The lowest BCUT2D eigenvalue weighted by Crippen LogP contribution is -2.23. The Morgan fingerprint density at radius 1 is 1.42 bits per heavy atom. The van der Waals surface area contributed by atoms with Crippen molar-refractivity contribution >= 4 is 16.9 Å². The zero-order valence-electron chi connectivity index (χ0n) is 14.5. The third-order valence-electron chi connectivity index (χ3n) is 4.43. The van der Waals surface area contributed by atoms with Gasteiger partial charge in [-0.15, -0.1) is 11.3 Å². The van der Waals surface area contributed by atoms with E-state index in [0.29, 0.717) is 6.54 Å². The maximum Gasteiger partial charge on any atom is 0.343 e. The number of hydrogen-bond donors (Lipinski definition) is 2. The second-order valence-electron chi connectivity index (χ2n) is 6.28. The maximum atomic E-state index is 12.9. The van der Waals surface area contributed by atoms with Crippen LogP contribution in [-0.2, 0) is 13.0 Å². The van der Waals surface area contributed by atoms with Crippen molar-refractivity contribution in [1.82, 2.24) is 19.7 Å². The molecular weight excluding hydrogens is 360 g/mol. The van der Waals surface area contributed by atoms with E-state index in [2.05, 4.69) is 28.2 Å². The summed E-state index contributed by atoms with van der Waals surface area (Å²) in [5.74, 6) is 0.261. The lowest BCUT2D eigenvalue weighted by molar-refractivity contribution is 0.370. The van der Waals surface area contributed by atoms with Crippen LogP contribution in [0.1, 0.15) is 22.0 Å². The molecule has 0 fully saturated rings. The monoisotopic (exact) mass is 381 g/mol. The fraction of sp³-hybridized carbons (Fsp3) is 0.412. The summed E-state index contributed by atoms with van der Waals surface area (Å²) in [6.07, 6.45) is 1.25. The molecule has 0 bridgehead atoms. The van der Waals surface area contributed by atoms with Crippen LogP contribution in [0.5, 0.6) is 0 Å².